The van der Waals surface area contributed by atoms with E-state index in [0.717, 1.165) is 47.5 Å². The molecule has 0 atom stereocenters. The lowest BCUT2D eigenvalue weighted by molar-refractivity contribution is 0.0945. The van der Waals surface area contributed by atoms with Crippen molar-refractivity contribution in [2.45, 2.75) is 32.2 Å². The summed E-state index contributed by atoms with van der Waals surface area (Å²) in [5.41, 5.74) is 2.36. The number of rotatable bonds is 8. The average Bonchev–Trinajstić information content (AvgIpc) is 3.33. The molecule has 9 heteroatoms. The van der Waals surface area contributed by atoms with E-state index >= 15 is 0 Å². The van der Waals surface area contributed by atoms with Crippen molar-refractivity contribution in [3.63, 3.8) is 0 Å². The number of para-hydroxylation sites is 2. The lowest BCUT2D eigenvalue weighted by atomic mass is 10.2. The van der Waals surface area contributed by atoms with Crippen LogP contribution in [0.4, 0.5) is 4.39 Å². The number of thiazole rings is 1. The summed E-state index contributed by atoms with van der Waals surface area (Å²) in [6, 6.07) is 10.8. The average molecular weight is 444 g/mol. The number of aryl methyl sites for hydroxylation is 2. The third-order valence-electron chi connectivity index (χ3n) is 4.59. The molecular weight excluding hydrogens is 425 g/mol. The number of benzene rings is 1. The monoisotopic (exact) mass is 443 g/mol. The number of imidazole rings is 1. The number of unbranched alkanes of at least 4 members (excludes halogenated alkanes) is 1. The van der Waals surface area contributed by atoms with Gasteiger partial charge in [-0.3, -0.25) is 9.78 Å². The molecule has 154 valence electrons. The number of carbonyl (C=O) groups excluding carboxylic acids is 1. The number of carbonyl (C=O) groups is 1. The largest absolute Gasteiger partial charge is 0.345 e. The predicted molar refractivity (Wildman–Crippen MR) is 115 cm³/mol. The number of hydrogen-bond donors (Lipinski definition) is 2. The second-order valence-electron chi connectivity index (χ2n) is 6.75. The van der Waals surface area contributed by atoms with Gasteiger partial charge in [0.2, 0.25) is 0 Å². The minimum Gasteiger partial charge on any atom is -0.345 e. The van der Waals surface area contributed by atoms with Crippen molar-refractivity contribution in [3.05, 3.63) is 75.0 Å². The van der Waals surface area contributed by atoms with Gasteiger partial charge in [-0.05, 0) is 43.5 Å². The summed E-state index contributed by atoms with van der Waals surface area (Å²) < 4.78 is 14.0. The number of nitrogens with one attached hydrogen (secondary N) is 2. The number of hydrogen-bond acceptors (Lipinski definition) is 5. The highest BCUT2D eigenvalue weighted by Crippen LogP contribution is 2.25. The molecule has 3 aromatic heterocycles. The molecule has 0 aliphatic heterocycles. The Morgan fingerprint density at radius 1 is 1.13 bits per heavy atom. The second kappa shape index (κ2) is 9.32. The van der Waals surface area contributed by atoms with Gasteiger partial charge >= 0.3 is 0 Å². The van der Waals surface area contributed by atoms with E-state index in [9.17, 15) is 9.18 Å². The zero-order valence-electron chi connectivity index (χ0n) is 16.0. The van der Waals surface area contributed by atoms with Crippen LogP contribution in [0, 0.1) is 5.82 Å². The summed E-state index contributed by atoms with van der Waals surface area (Å²) in [4.78, 5) is 28.5. The highest BCUT2D eigenvalue weighted by atomic mass is 35.5. The number of amides is 1. The fraction of sp³-hybridized carbons (Fsp3) is 0.238. The zero-order valence-corrected chi connectivity index (χ0v) is 17.6. The molecule has 2 N–H and O–H groups in total. The van der Waals surface area contributed by atoms with Crippen LogP contribution < -0.4 is 5.32 Å². The van der Waals surface area contributed by atoms with Crippen molar-refractivity contribution in [2.75, 3.05) is 0 Å². The van der Waals surface area contributed by atoms with Crippen LogP contribution in [0.2, 0.25) is 4.34 Å². The van der Waals surface area contributed by atoms with E-state index in [2.05, 4.69) is 25.3 Å². The quantitative estimate of drug-likeness (QED) is 0.386. The molecule has 0 spiro atoms. The maximum atomic E-state index is 13.6. The fourth-order valence-corrected chi connectivity index (χ4v) is 4.30. The van der Waals surface area contributed by atoms with E-state index in [0.29, 0.717) is 4.34 Å². The number of fused-ring (bicyclic) bond motifs is 1. The molecule has 6 nitrogen and oxygen atoms in total. The molecule has 1 aromatic carbocycles. The Bertz CT molecular complexity index is 1140. The van der Waals surface area contributed by atoms with Crippen molar-refractivity contribution < 1.29 is 9.18 Å². The maximum Gasteiger partial charge on any atom is 0.272 e. The topological polar surface area (TPSA) is 83.6 Å². The molecule has 0 aliphatic carbocycles. The van der Waals surface area contributed by atoms with Crippen LogP contribution in [0.1, 0.15) is 39.9 Å². The Labute approximate surface area is 181 Å². The third kappa shape index (κ3) is 4.83. The molecule has 1 amide bonds. The molecule has 0 fully saturated rings. The summed E-state index contributed by atoms with van der Waals surface area (Å²) >= 11 is 7.50. The smallest absolute Gasteiger partial charge is 0.272 e. The molecular formula is C21H19ClFN5OS. The molecule has 0 radical (unpaired) electrons. The third-order valence-corrected chi connectivity index (χ3v) is 5.90. The molecule has 3 heterocycles. The maximum absolute atomic E-state index is 13.6. The van der Waals surface area contributed by atoms with Gasteiger partial charge in [0.25, 0.3) is 5.91 Å². The Kier molecular flexibility index (Phi) is 6.35. The van der Waals surface area contributed by atoms with Gasteiger partial charge < -0.3 is 10.3 Å². The Hall–Kier alpha value is -2.84. The van der Waals surface area contributed by atoms with Gasteiger partial charge in [-0.1, -0.05) is 23.7 Å². The minimum absolute atomic E-state index is 0.0216. The first-order valence-corrected chi connectivity index (χ1v) is 10.8. The van der Waals surface area contributed by atoms with Crippen LogP contribution in [0.3, 0.4) is 0 Å². The predicted octanol–water partition coefficient (Wildman–Crippen LogP) is 4.70. The van der Waals surface area contributed by atoms with Crippen LogP contribution in [-0.4, -0.2) is 25.8 Å². The van der Waals surface area contributed by atoms with Crippen molar-refractivity contribution in [1.82, 2.24) is 25.3 Å². The van der Waals surface area contributed by atoms with E-state index in [-0.39, 0.29) is 17.9 Å². The lowest BCUT2D eigenvalue weighted by Crippen LogP contribution is -2.24. The van der Waals surface area contributed by atoms with Crippen LogP contribution in [0.15, 0.2) is 42.6 Å². The summed E-state index contributed by atoms with van der Waals surface area (Å²) in [6.45, 7) is -0.0216. The number of halogens is 2. The molecule has 4 rings (SSSR count). The standard InChI is InChI=1S/C21H19ClFN5OS/c22-20-19(21(29)25-12-16-13(23)6-5-11-24-16)28-18(30-20)10-4-3-9-17-26-14-7-1-2-8-15(14)27-17/h1-2,5-8,11H,3-4,9-10,12H2,(H,25,29)(H,26,27). The summed E-state index contributed by atoms with van der Waals surface area (Å²) in [6.07, 6.45) is 4.89. The van der Waals surface area contributed by atoms with Gasteiger partial charge in [0.15, 0.2) is 5.69 Å². The first-order chi connectivity index (χ1) is 14.6. The number of H-pyrrole nitrogens is 1. The van der Waals surface area contributed by atoms with Gasteiger partial charge in [0, 0.05) is 12.6 Å². The summed E-state index contributed by atoms with van der Waals surface area (Å²) in [5, 5.41) is 3.42. The van der Waals surface area contributed by atoms with Crippen molar-refractivity contribution >= 4 is 39.9 Å². The van der Waals surface area contributed by atoms with Crippen LogP contribution in [0.5, 0.6) is 0 Å². The van der Waals surface area contributed by atoms with Crippen LogP contribution in [-0.2, 0) is 19.4 Å². The molecule has 0 saturated heterocycles. The van der Waals surface area contributed by atoms with Gasteiger partial charge in [0.05, 0.1) is 28.3 Å². The molecule has 0 saturated carbocycles. The molecule has 0 bridgehead atoms. The Balaban J connectivity index is 1.28. The highest BCUT2D eigenvalue weighted by Gasteiger charge is 2.17. The van der Waals surface area contributed by atoms with E-state index in [1.165, 1.54) is 29.7 Å². The molecule has 30 heavy (non-hydrogen) atoms. The van der Waals surface area contributed by atoms with Gasteiger partial charge in [-0.25, -0.2) is 14.4 Å². The first-order valence-electron chi connectivity index (χ1n) is 9.56. The molecule has 0 unspecified atom stereocenters. The lowest BCUT2D eigenvalue weighted by Gasteiger charge is -2.04. The van der Waals surface area contributed by atoms with Gasteiger partial charge in [0.1, 0.15) is 16.0 Å². The molecule has 0 aliphatic rings. The van der Waals surface area contributed by atoms with E-state index < -0.39 is 11.7 Å². The van der Waals surface area contributed by atoms with E-state index in [4.69, 9.17) is 11.6 Å². The first kappa shape index (κ1) is 20.4. The number of aromatic amines is 1. The van der Waals surface area contributed by atoms with Crippen LogP contribution in [0.25, 0.3) is 11.0 Å². The highest BCUT2D eigenvalue weighted by molar-refractivity contribution is 7.16. The molecule has 4 aromatic rings. The Morgan fingerprint density at radius 2 is 1.97 bits per heavy atom. The zero-order chi connectivity index (χ0) is 20.9. The number of aromatic nitrogens is 4. The normalized spacial score (nSPS) is 11.1. The summed E-state index contributed by atoms with van der Waals surface area (Å²) in [7, 11) is 0. The van der Waals surface area contributed by atoms with Gasteiger partial charge in [-0.15, -0.1) is 11.3 Å². The summed E-state index contributed by atoms with van der Waals surface area (Å²) in [5.74, 6) is 0.0670. The second-order valence-corrected chi connectivity index (χ2v) is 8.44. The van der Waals surface area contributed by atoms with E-state index in [1.807, 2.05) is 24.3 Å². The number of nitrogens with zero attached hydrogens (tertiary/aromatic N) is 3. The minimum atomic E-state index is -0.465. The van der Waals surface area contributed by atoms with Crippen molar-refractivity contribution in [3.8, 4) is 0 Å². The Morgan fingerprint density at radius 3 is 2.80 bits per heavy atom. The van der Waals surface area contributed by atoms with Gasteiger partial charge in [-0.2, -0.15) is 0 Å². The van der Waals surface area contributed by atoms with E-state index in [1.54, 1.807) is 0 Å². The fourth-order valence-electron chi connectivity index (χ4n) is 3.08. The van der Waals surface area contributed by atoms with Crippen molar-refractivity contribution in [1.29, 1.82) is 0 Å². The van der Waals surface area contributed by atoms with Crippen LogP contribution >= 0.6 is 22.9 Å². The van der Waals surface area contributed by atoms with Crippen molar-refractivity contribution in [2.24, 2.45) is 0 Å². The number of pyridine rings is 1. The SMILES string of the molecule is O=C(NCc1ncccc1F)c1nc(CCCCc2nc3ccccc3[nH]2)sc1Cl.